The van der Waals surface area contributed by atoms with Crippen LogP contribution in [0.15, 0.2) is 0 Å². The van der Waals surface area contributed by atoms with E-state index in [9.17, 15) is 14.7 Å². The van der Waals surface area contributed by atoms with Gasteiger partial charge in [0, 0.05) is 13.1 Å². The lowest BCUT2D eigenvalue weighted by Gasteiger charge is -2.27. The number of carbonyl (C=O) groups is 2. The SMILES string of the molecule is CCOC(=O)C(N)C(=O)NCC(C)(O)CN(C)C. The van der Waals surface area contributed by atoms with Gasteiger partial charge in [0.2, 0.25) is 5.91 Å². The molecule has 0 fully saturated rings. The minimum absolute atomic E-state index is 0.0110. The fourth-order valence-electron chi connectivity index (χ4n) is 1.46. The van der Waals surface area contributed by atoms with E-state index >= 15 is 0 Å². The van der Waals surface area contributed by atoms with Crippen molar-refractivity contribution in [1.29, 1.82) is 0 Å². The summed E-state index contributed by atoms with van der Waals surface area (Å²) in [6, 6.07) is -1.36. The Morgan fingerprint density at radius 3 is 2.50 bits per heavy atom. The quantitative estimate of drug-likeness (QED) is 0.373. The molecule has 4 N–H and O–H groups in total. The molecular weight excluding hydrogens is 238 g/mol. The minimum atomic E-state index is -1.36. The van der Waals surface area contributed by atoms with Crippen LogP contribution in [0.3, 0.4) is 0 Å². The Labute approximate surface area is 107 Å². The van der Waals surface area contributed by atoms with Crippen LogP contribution in [0.25, 0.3) is 0 Å². The number of nitrogens with two attached hydrogens (primary N) is 1. The lowest BCUT2D eigenvalue weighted by Crippen LogP contribution is -2.53. The lowest BCUT2D eigenvalue weighted by atomic mass is 10.1. The van der Waals surface area contributed by atoms with Crippen LogP contribution in [0, 0.1) is 0 Å². The summed E-state index contributed by atoms with van der Waals surface area (Å²) in [4.78, 5) is 24.5. The summed E-state index contributed by atoms with van der Waals surface area (Å²) in [6.45, 7) is 3.77. The van der Waals surface area contributed by atoms with Gasteiger partial charge in [0.05, 0.1) is 12.2 Å². The maximum Gasteiger partial charge on any atom is 0.332 e. The molecule has 0 aliphatic rings. The fourth-order valence-corrected chi connectivity index (χ4v) is 1.46. The molecule has 0 saturated heterocycles. The zero-order chi connectivity index (χ0) is 14.3. The summed E-state index contributed by atoms with van der Waals surface area (Å²) in [6.07, 6.45) is 0. The Morgan fingerprint density at radius 1 is 1.50 bits per heavy atom. The number of amides is 1. The smallest absolute Gasteiger partial charge is 0.332 e. The van der Waals surface area contributed by atoms with Gasteiger partial charge in [-0.25, -0.2) is 4.79 Å². The normalized spacial score (nSPS) is 15.9. The highest BCUT2D eigenvalue weighted by molar-refractivity contribution is 6.01. The summed E-state index contributed by atoms with van der Waals surface area (Å²) in [7, 11) is 3.61. The van der Waals surface area contributed by atoms with Crippen LogP contribution in [0.2, 0.25) is 0 Å². The third-order valence-corrected chi connectivity index (χ3v) is 2.12. The first kappa shape index (κ1) is 16.8. The van der Waals surface area contributed by atoms with E-state index in [1.807, 2.05) is 0 Å². The predicted molar refractivity (Wildman–Crippen MR) is 66.8 cm³/mol. The second-order valence-corrected chi connectivity index (χ2v) is 4.68. The van der Waals surface area contributed by atoms with Crippen molar-refractivity contribution in [3.63, 3.8) is 0 Å². The van der Waals surface area contributed by atoms with Crippen LogP contribution >= 0.6 is 0 Å². The number of aliphatic hydroxyl groups is 1. The molecule has 7 nitrogen and oxygen atoms in total. The van der Waals surface area contributed by atoms with Crippen molar-refractivity contribution in [2.24, 2.45) is 5.73 Å². The molecule has 0 spiro atoms. The van der Waals surface area contributed by atoms with Crippen molar-refractivity contribution in [2.45, 2.75) is 25.5 Å². The number of likely N-dealkylation sites (N-methyl/N-ethyl adjacent to an activating group) is 1. The Bertz CT molecular complexity index is 292. The van der Waals surface area contributed by atoms with Crippen molar-refractivity contribution in [3.8, 4) is 0 Å². The van der Waals surface area contributed by atoms with E-state index in [0.29, 0.717) is 6.54 Å². The molecule has 2 atom stereocenters. The summed E-state index contributed by atoms with van der Waals surface area (Å²) in [5, 5.41) is 12.4. The van der Waals surface area contributed by atoms with Crippen molar-refractivity contribution in [3.05, 3.63) is 0 Å². The van der Waals surface area contributed by atoms with Gasteiger partial charge in [-0.3, -0.25) is 4.79 Å². The highest BCUT2D eigenvalue weighted by Gasteiger charge is 2.27. The van der Waals surface area contributed by atoms with Crippen molar-refractivity contribution in [2.75, 3.05) is 33.8 Å². The topological polar surface area (TPSA) is 105 Å². The molecule has 0 rings (SSSR count). The third-order valence-electron chi connectivity index (χ3n) is 2.12. The van der Waals surface area contributed by atoms with Crippen molar-refractivity contribution >= 4 is 11.9 Å². The van der Waals surface area contributed by atoms with E-state index in [1.54, 1.807) is 32.8 Å². The van der Waals surface area contributed by atoms with Crippen molar-refractivity contribution in [1.82, 2.24) is 10.2 Å². The van der Waals surface area contributed by atoms with Crippen LogP contribution in [0.1, 0.15) is 13.8 Å². The van der Waals surface area contributed by atoms with Crippen LogP contribution in [0.4, 0.5) is 0 Å². The lowest BCUT2D eigenvalue weighted by molar-refractivity contribution is -0.148. The first-order valence-electron chi connectivity index (χ1n) is 5.76. The molecule has 0 bridgehead atoms. The van der Waals surface area contributed by atoms with Gasteiger partial charge in [0.25, 0.3) is 0 Å². The molecule has 18 heavy (non-hydrogen) atoms. The number of nitrogens with zero attached hydrogens (tertiary/aromatic N) is 1. The molecule has 0 saturated carbocycles. The number of esters is 1. The Balaban J connectivity index is 4.21. The highest BCUT2D eigenvalue weighted by Crippen LogP contribution is 2.02. The van der Waals surface area contributed by atoms with E-state index < -0.39 is 23.5 Å². The van der Waals surface area contributed by atoms with E-state index in [-0.39, 0.29) is 13.2 Å². The zero-order valence-electron chi connectivity index (χ0n) is 11.4. The fraction of sp³-hybridized carbons (Fsp3) is 0.818. The second kappa shape index (κ2) is 7.30. The zero-order valence-corrected chi connectivity index (χ0v) is 11.4. The Hall–Kier alpha value is -1.18. The number of nitrogens with one attached hydrogen (secondary N) is 1. The monoisotopic (exact) mass is 261 g/mol. The van der Waals surface area contributed by atoms with E-state index in [2.05, 4.69) is 10.1 Å². The highest BCUT2D eigenvalue weighted by atomic mass is 16.5. The summed E-state index contributed by atoms with van der Waals surface area (Å²) >= 11 is 0. The second-order valence-electron chi connectivity index (χ2n) is 4.68. The number of ether oxygens (including phenoxy) is 1. The Morgan fingerprint density at radius 2 is 2.06 bits per heavy atom. The molecule has 0 aliphatic carbocycles. The van der Waals surface area contributed by atoms with Gasteiger partial charge in [-0.05, 0) is 27.9 Å². The number of hydrogen-bond acceptors (Lipinski definition) is 6. The Kier molecular flexibility index (Phi) is 6.82. The summed E-state index contributed by atoms with van der Waals surface area (Å²) in [5.41, 5.74) is 4.31. The molecule has 2 unspecified atom stereocenters. The molecule has 0 aromatic carbocycles. The molecule has 7 heteroatoms. The van der Waals surface area contributed by atoms with Gasteiger partial charge in [0.15, 0.2) is 6.04 Å². The number of carbonyl (C=O) groups excluding carboxylic acids is 2. The van der Waals surface area contributed by atoms with Gasteiger partial charge in [-0.1, -0.05) is 0 Å². The molecule has 0 aromatic rings. The van der Waals surface area contributed by atoms with Gasteiger partial charge in [-0.2, -0.15) is 0 Å². The maximum atomic E-state index is 11.5. The van der Waals surface area contributed by atoms with Gasteiger partial charge in [-0.15, -0.1) is 0 Å². The molecule has 0 heterocycles. The van der Waals surface area contributed by atoms with E-state index in [4.69, 9.17) is 5.73 Å². The predicted octanol–water partition coefficient (Wildman–Crippen LogP) is -1.69. The average Bonchev–Trinajstić information content (AvgIpc) is 2.23. The third kappa shape index (κ3) is 6.53. The number of hydrogen-bond donors (Lipinski definition) is 3. The van der Waals surface area contributed by atoms with Gasteiger partial charge in [0.1, 0.15) is 0 Å². The van der Waals surface area contributed by atoms with E-state index in [1.165, 1.54) is 0 Å². The van der Waals surface area contributed by atoms with Gasteiger partial charge < -0.3 is 25.8 Å². The summed E-state index contributed by atoms with van der Waals surface area (Å²) in [5.74, 6) is -1.44. The average molecular weight is 261 g/mol. The molecule has 0 aromatic heterocycles. The molecule has 0 aliphatic heterocycles. The van der Waals surface area contributed by atoms with Crippen molar-refractivity contribution < 1.29 is 19.4 Å². The van der Waals surface area contributed by atoms with Crippen LogP contribution in [-0.2, 0) is 14.3 Å². The molecular formula is C11H23N3O4. The van der Waals surface area contributed by atoms with E-state index in [0.717, 1.165) is 0 Å². The first-order chi connectivity index (χ1) is 8.19. The standard InChI is InChI=1S/C11H23N3O4/c1-5-18-10(16)8(12)9(15)13-6-11(2,17)7-14(3)4/h8,17H,5-7,12H2,1-4H3,(H,13,15). The van der Waals surface area contributed by atoms with Crippen LogP contribution in [-0.4, -0.2) is 67.3 Å². The molecule has 1 amide bonds. The summed E-state index contributed by atoms with van der Waals surface area (Å²) < 4.78 is 4.63. The van der Waals surface area contributed by atoms with Gasteiger partial charge >= 0.3 is 5.97 Å². The minimum Gasteiger partial charge on any atom is -0.464 e. The maximum absolute atomic E-state index is 11.5. The first-order valence-corrected chi connectivity index (χ1v) is 5.76. The molecule has 106 valence electrons. The largest absolute Gasteiger partial charge is 0.464 e. The van der Waals surface area contributed by atoms with Crippen LogP contribution < -0.4 is 11.1 Å². The molecule has 0 radical (unpaired) electrons. The van der Waals surface area contributed by atoms with Crippen LogP contribution in [0.5, 0.6) is 0 Å². The number of rotatable bonds is 7.